The molecule has 13 heteroatoms. The first kappa shape index (κ1) is 32.3. The van der Waals surface area contributed by atoms with Crippen LogP contribution in [0.2, 0.25) is 5.02 Å². The molecule has 0 radical (unpaired) electrons. The summed E-state index contributed by atoms with van der Waals surface area (Å²) in [5.41, 5.74) is 3.05. The van der Waals surface area contributed by atoms with Crippen LogP contribution in [0, 0.1) is 39.6 Å². The first-order valence-electron chi connectivity index (χ1n) is 16.3. The lowest BCUT2D eigenvalue weighted by Gasteiger charge is -2.50. The lowest BCUT2D eigenvalue weighted by molar-refractivity contribution is -0.384. The largest absolute Gasteiger partial charge is 0.508 e. The SMILES string of the molecule is O=C1[C@@H]2C[C@@H]3C(=CC[C@@H]4C(=O)N(c5cccc([N+](=O)[O-])c5)C(=O)[C@@H]43)[C@H](c3cccc(O)c3)[C@]2(c2ccc(Cl)cc2)C(=O)N1Nc1ccc(F)cc1. The van der Waals surface area contributed by atoms with Gasteiger partial charge in [-0.15, -0.1) is 0 Å². The molecule has 8 rings (SSSR count). The highest BCUT2D eigenvalue weighted by molar-refractivity contribution is 6.30. The molecule has 2 saturated heterocycles. The Morgan fingerprint density at radius 3 is 2.31 bits per heavy atom. The molecule has 0 spiro atoms. The maximum atomic E-state index is 15.1. The highest BCUT2D eigenvalue weighted by Gasteiger charge is 2.70. The van der Waals surface area contributed by atoms with E-state index >= 15 is 4.79 Å². The Bertz CT molecular complexity index is 2190. The molecule has 2 aliphatic carbocycles. The number of carbonyl (C=O) groups is 4. The predicted molar refractivity (Wildman–Crippen MR) is 183 cm³/mol. The van der Waals surface area contributed by atoms with Gasteiger partial charge in [-0.05, 0) is 84.5 Å². The number of nitrogens with zero attached hydrogens (tertiary/aromatic N) is 3. The number of rotatable bonds is 6. The summed E-state index contributed by atoms with van der Waals surface area (Å²) in [6, 6.07) is 23.6. The average Bonchev–Trinajstić information content (AvgIpc) is 3.50. The van der Waals surface area contributed by atoms with Crippen LogP contribution in [-0.4, -0.2) is 38.7 Å². The van der Waals surface area contributed by atoms with Gasteiger partial charge >= 0.3 is 0 Å². The highest BCUT2D eigenvalue weighted by atomic mass is 35.5. The summed E-state index contributed by atoms with van der Waals surface area (Å²) in [4.78, 5) is 70.0. The van der Waals surface area contributed by atoms with E-state index in [1.807, 2.05) is 6.08 Å². The number of nitro benzene ring substituents is 1. The first-order chi connectivity index (χ1) is 24.5. The lowest BCUT2D eigenvalue weighted by atomic mass is 9.49. The van der Waals surface area contributed by atoms with E-state index in [1.54, 1.807) is 36.4 Å². The number of hydrogen-bond donors (Lipinski definition) is 2. The minimum absolute atomic E-state index is 0.0128. The molecule has 2 N–H and O–H groups in total. The molecule has 4 aromatic rings. The molecule has 0 unspecified atom stereocenters. The Labute approximate surface area is 295 Å². The number of aromatic hydroxyl groups is 1. The molecule has 2 aliphatic heterocycles. The number of allylic oxidation sites excluding steroid dienone is 2. The van der Waals surface area contributed by atoms with Gasteiger partial charge in [0.25, 0.3) is 17.5 Å². The van der Waals surface area contributed by atoms with Crippen LogP contribution in [0.25, 0.3) is 0 Å². The lowest BCUT2D eigenvalue weighted by Crippen LogP contribution is -2.53. The van der Waals surface area contributed by atoms with E-state index in [2.05, 4.69) is 5.43 Å². The van der Waals surface area contributed by atoms with Crippen molar-refractivity contribution in [1.29, 1.82) is 0 Å². The number of benzene rings is 4. The molecular weight excluding hydrogens is 679 g/mol. The molecule has 4 amide bonds. The second-order valence-corrected chi connectivity index (χ2v) is 13.7. The quantitative estimate of drug-likeness (QED) is 0.103. The molecule has 3 fully saturated rings. The predicted octanol–water partition coefficient (Wildman–Crippen LogP) is 6.28. The van der Waals surface area contributed by atoms with Crippen molar-refractivity contribution in [3.05, 3.63) is 141 Å². The maximum Gasteiger partial charge on any atom is 0.271 e. The number of fused-ring (bicyclic) bond motifs is 4. The summed E-state index contributed by atoms with van der Waals surface area (Å²) in [7, 11) is 0. The third-order valence-electron chi connectivity index (χ3n) is 10.8. The monoisotopic (exact) mass is 706 g/mol. The number of halogens is 2. The highest BCUT2D eigenvalue weighted by Crippen LogP contribution is 2.64. The van der Waals surface area contributed by atoms with Crippen molar-refractivity contribution >= 4 is 52.3 Å². The van der Waals surface area contributed by atoms with E-state index in [4.69, 9.17) is 11.6 Å². The van der Waals surface area contributed by atoms with Gasteiger partial charge in [0, 0.05) is 23.1 Å². The van der Waals surface area contributed by atoms with Crippen molar-refractivity contribution in [2.24, 2.45) is 23.7 Å². The fourth-order valence-electron chi connectivity index (χ4n) is 8.73. The van der Waals surface area contributed by atoms with Gasteiger partial charge in [0.15, 0.2) is 0 Å². The van der Waals surface area contributed by atoms with Crippen molar-refractivity contribution in [3.8, 4) is 5.75 Å². The summed E-state index contributed by atoms with van der Waals surface area (Å²) in [5, 5.41) is 23.6. The molecule has 6 atom stereocenters. The van der Waals surface area contributed by atoms with E-state index in [0.717, 1.165) is 9.91 Å². The normalized spacial score (nSPS) is 26.8. The summed E-state index contributed by atoms with van der Waals surface area (Å²) < 4.78 is 13.8. The smallest absolute Gasteiger partial charge is 0.271 e. The standard InChI is InChI=1S/C38H28ClFN4O7/c39-22-9-7-21(8-10-22)38-31(35(47)43(37(38)49)41-24-13-11-23(40)12-14-24)19-30-28(33(38)20-3-1-6-27(45)17-20)15-16-29-32(30)36(48)42(34(29)46)25-4-2-5-26(18-25)44(50)51/h1-15,17-18,29-33,41,45H,16,19H2/t29-,30+,31-,32-,33-,38+/m0/s1. The number of imide groups is 2. The molecule has 11 nitrogen and oxygen atoms in total. The van der Waals surface area contributed by atoms with Crippen LogP contribution in [0.3, 0.4) is 0 Å². The molecule has 256 valence electrons. The van der Waals surface area contributed by atoms with E-state index in [9.17, 15) is 34.0 Å². The van der Waals surface area contributed by atoms with Crippen molar-refractivity contribution in [1.82, 2.24) is 5.01 Å². The molecule has 1 saturated carbocycles. The van der Waals surface area contributed by atoms with Crippen LogP contribution in [0.1, 0.15) is 29.9 Å². The third-order valence-corrected chi connectivity index (χ3v) is 11.0. The van der Waals surface area contributed by atoms with Gasteiger partial charge < -0.3 is 5.11 Å². The Morgan fingerprint density at radius 1 is 0.882 bits per heavy atom. The van der Waals surface area contributed by atoms with E-state index < -0.39 is 69.4 Å². The second kappa shape index (κ2) is 11.9. The Hall–Kier alpha value is -5.88. The summed E-state index contributed by atoms with van der Waals surface area (Å²) >= 11 is 6.31. The van der Waals surface area contributed by atoms with Crippen molar-refractivity contribution < 1.29 is 33.6 Å². The zero-order chi connectivity index (χ0) is 35.8. The Kier molecular flexibility index (Phi) is 7.53. The van der Waals surface area contributed by atoms with Gasteiger partial charge in [0.05, 0.1) is 39.5 Å². The number of nitro groups is 1. The van der Waals surface area contributed by atoms with Crippen LogP contribution in [0.15, 0.2) is 109 Å². The van der Waals surface area contributed by atoms with E-state index in [-0.39, 0.29) is 35.7 Å². The van der Waals surface area contributed by atoms with Crippen LogP contribution >= 0.6 is 11.6 Å². The minimum Gasteiger partial charge on any atom is -0.508 e. The zero-order valence-corrected chi connectivity index (χ0v) is 27.4. The van der Waals surface area contributed by atoms with Crippen LogP contribution < -0.4 is 10.3 Å². The first-order valence-corrected chi connectivity index (χ1v) is 16.7. The van der Waals surface area contributed by atoms with Crippen LogP contribution in [-0.2, 0) is 24.6 Å². The minimum atomic E-state index is -1.59. The molecule has 0 bridgehead atoms. The number of phenolic OH excluding ortho intramolecular Hbond substituents is 1. The van der Waals surface area contributed by atoms with Crippen LogP contribution in [0.5, 0.6) is 5.75 Å². The average molecular weight is 707 g/mol. The van der Waals surface area contributed by atoms with E-state index in [0.29, 0.717) is 21.7 Å². The molecule has 2 heterocycles. The van der Waals surface area contributed by atoms with Gasteiger partial charge in [-0.2, -0.15) is 5.01 Å². The summed E-state index contributed by atoms with van der Waals surface area (Å²) in [6.07, 6.45) is 2.02. The van der Waals surface area contributed by atoms with Gasteiger partial charge in [-0.3, -0.25) is 34.7 Å². The Morgan fingerprint density at radius 2 is 1.61 bits per heavy atom. The van der Waals surface area contributed by atoms with Gasteiger partial charge in [0.2, 0.25) is 11.8 Å². The number of amides is 4. The third kappa shape index (κ3) is 4.84. The fraction of sp³-hybridized carbons (Fsp3) is 0.211. The Balaban J connectivity index is 1.30. The second-order valence-electron chi connectivity index (χ2n) is 13.3. The number of nitrogens with one attached hydrogen (secondary N) is 1. The molecule has 4 aliphatic rings. The van der Waals surface area contributed by atoms with Crippen LogP contribution in [0.4, 0.5) is 21.5 Å². The molecule has 4 aromatic carbocycles. The number of anilines is 2. The number of hydrogen-bond acceptors (Lipinski definition) is 8. The molecular formula is C38H28ClFN4O7. The van der Waals surface area contributed by atoms with Gasteiger partial charge in [0.1, 0.15) is 11.6 Å². The zero-order valence-electron chi connectivity index (χ0n) is 26.6. The van der Waals surface area contributed by atoms with Crippen molar-refractivity contribution in [2.75, 3.05) is 10.3 Å². The fourth-order valence-corrected chi connectivity index (χ4v) is 8.86. The van der Waals surface area contributed by atoms with Crippen molar-refractivity contribution in [2.45, 2.75) is 24.2 Å². The summed E-state index contributed by atoms with van der Waals surface area (Å²) in [6.45, 7) is 0. The number of hydrazine groups is 1. The maximum absolute atomic E-state index is 15.1. The molecule has 0 aromatic heterocycles. The van der Waals surface area contributed by atoms with Gasteiger partial charge in [-0.1, -0.05) is 53.6 Å². The number of phenols is 1. The summed E-state index contributed by atoms with van der Waals surface area (Å²) in [5.74, 6) is -7.19. The molecule has 51 heavy (non-hydrogen) atoms. The number of non-ortho nitro benzene ring substituents is 1. The topological polar surface area (TPSA) is 150 Å². The van der Waals surface area contributed by atoms with Gasteiger partial charge in [-0.25, -0.2) is 9.29 Å². The number of carbonyl (C=O) groups excluding carboxylic acids is 4. The van der Waals surface area contributed by atoms with Crippen molar-refractivity contribution in [3.63, 3.8) is 0 Å². The van der Waals surface area contributed by atoms with E-state index in [1.165, 1.54) is 60.7 Å².